The minimum absolute atomic E-state index is 0. The number of morpholine rings is 1. The van der Waals surface area contributed by atoms with Gasteiger partial charge >= 0.3 is 0 Å². The Morgan fingerprint density at radius 2 is 1.97 bits per heavy atom. The second-order valence-corrected chi connectivity index (χ2v) is 8.19. The van der Waals surface area contributed by atoms with Crippen molar-refractivity contribution in [2.75, 3.05) is 45.2 Å². The Morgan fingerprint density at radius 1 is 1.27 bits per heavy atom. The molecule has 1 heterocycles. The first-order valence-electron chi connectivity index (χ1n) is 10.5. The van der Waals surface area contributed by atoms with Crippen molar-refractivity contribution >= 4 is 41.5 Å². The van der Waals surface area contributed by atoms with Crippen molar-refractivity contribution in [2.45, 2.75) is 46.2 Å². The molecule has 0 radical (unpaired) electrons. The third-order valence-electron chi connectivity index (χ3n) is 5.49. The van der Waals surface area contributed by atoms with Crippen LogP contribution >= 0.6 is 24.0 Å². The Morgan fingerprint density at radius 3 is 2.60 bits per heavy atom. The second kappa shape index (κ2) is 13.1. The number of carbonyl (C=O) groups excluding carboxylic acids is 1. The van der Waals surface area contributed by atoms with Crippen LogP contribution in [0.15, 0.2) is 29.3 Å². The fraction of sp³-hybridized carbons (Fsp3) is 0.636. The van der Waals surface area contributed by atoms with Crippen LogP contribution in [0.3, 0.4) is 0 Å². The number of guanidine groups is 1. The number of nitrogens with one attached hydrogen (secondary N) is 3. The second-order valence-electron chi connectivity index (χ2n) is 8.19. The van der Waals surface area contributed by atoms with Crippen molar-refractivity contribution in [3.63, 3.8) is 0 Å². The third-order valence-corrected chi connectivity index (χ3v) is 5.49. The van der Waals surface area contributed by atoms with E-state index in [4.69, 9.17) is 4.74 Å². The predicted octanol–water partition coefficient (Wildman–Crippen LogP) is 3.07. The van der Waals surface area contributed by atoms with E-state index in [9.17, 15) is 4.79 Å². The number of nitrogens with zero attached hydrogens (tertiary/aromatic N) is 2. The number of halogens is 1. The van der Waals surface area contributed by atoms with E-state index in [2.05, 4.69) is 39.7 Å². The predicted molar refractivity (Wildman–Crippen MR) is 135 cm³/mol. The Balaban J connectivity index is 0.00000450. The number of aliphatic imine (C=N–C) groups is 1. The molecule has 0 aliphatic carbocycles. The van der Waals surface area contributed by atoms with Gasteiger partial charge in [-0.1, -0.05) is 26.0 Å². The molecule has 3 N–H and O–H groups in total. The molecule has 1 aromatic carbocycles. The van der Waals surface area contributed by atoms with Gasteiger partial charge in [0.2, 0.25) is 5.91 Å². The molecule has 1 aromatic rings. The van der Waals surface area contributed by atoms with E-state index < -0.39 is 0 Å². The monoisotopic (exact) mass is 531 g/mol. The Hall–Kier alpha value is -1.39. The average Bonchev–Trinajstić information content (AvgIpc) is 2.74. The summed E-state index contributed by atoms with van der Waals surface area (Å²) >= 11 is 0. The molecule has 1 amide bonds. The molecule has 1 unspecified atom stereocenters. The number of rotatable bonds is 8. The lowest BCUT2D eigenvalue weighted by molar-refractivity contribution is -0.119. The molecule has 0 saturated carbocycles. The summed E-state index contributed by atoms with van der Waals surface area (Å²) in [5, 5.41) is 9.78. The highest BCUT2D eigenvalue weighted by molar-refractivity contribution is 14.0. The van der Waals surface area contributed by atoms with Crippen molar-refractivity contribution in [3.8, 4) is 0 Å². The van der Waals surface area contributed by atoms with Gasteiger partial charge in [-0.05, 0) is 38.0 Å². The first-order chi connectivity index (χ1) is 13.9. The van der Waals surface area contributed by atoms with E-state index >= 15 is 0 Å². The fourth-order valence-electron chi connectivity index (χ4n) is 3.20. The molecule has 8 heteroatoms. The molecule has 170 valence electrons. The summed E-state index contributed by atoms with van der Waals surface area (Å²) in [6.07, 6.45) is 0.829. The van der Waals surface area contributed by atoms with Gasteiger partial charge in [0.1, 0.15) is 0 Å². The number of ether oxygens (including phenoxy) is 1. The van der Waals surface area contributed by atoms with Crippen LogP contribution in [-0.2, 0) is 16.1 Å². The highest BCUT2D eigenvalue weighted by Crippen LogP contribution is 2.15. The van der Waals surface area contributed by atoms with E-state index in [1.54, 1.807) is 7.05 Å². The lowest BCUT2D eigenvalue weighted by Crippen LogP contribution is -2.56. The van der Waals surface area contributed by atoms with E-state index in [1.165, 1.54) is 0 Å². The van der Waals surface area contributed by atoms with E-state index in [-0.39, 0.29) is 41.3 Å². The zero-order chi connectivity index (χ0) is 21.3. The van der Waals surface area contributed by atoms with Crippen molar-refractivity contribution in [3.05, 3.63) is 29.8 Å². The van der Waals surface area contributed by atoms with Crippen LogP contribution in [0.5, 0.6) is 0 Å². The van der Waals surface area contributed by atoms with Gasteiger partial charge in [-0.25, -0.2) is 0 Å². The largest absolute Gasteiger partial charge is 0.379 e. The molecule has 1 aliphatic rings. The molecule has 0 bridgehead atoms. The molecule has 7 nitrogen and oxygen atoms in total. The normalized spacial score (nSPS) is 16.4. The fourth-order valence-corrected chi connectivity index (χ4v) is 3.20. The lowest BCUT2D eigenvalue weighted by atomic mass is 10.0. The third kappa shape index (κ3) is 8.39. The molecule has 0 aromatic heterocycles. The first-order valence-corrected chi connectivity index (χ1v) is 10.5. The molecule has 0 spiro atoms. The van der Waals surface area contributed by atoms with Gasteiger partial charge in [0.25, 0.3) is 0 Å². The maximum Gasteiger partial charge on any atom is 0.227 e. The average molecular weight is 531 g/mol. The number of amides is 1. The molecule has 1 saturated heterocycles. The number of carbonyl (C=O) groups is 1. The van der Waals surface area contributed by atoms with Crippen molar-refractivity contribution < 1.29 is 9.53 Å². The van der Waals surface area contributed by atoms with Crippen LogP contribution < -0.4 is 16.0 Å². The summed E-state index contributed by atoms with van der Waals surface area (Å²) in [5.74, 6) is 0.829. The summed E-state index contributed by atoms with van der Waals surface area (Å²) in [5.41, 5.74) is 1.93. The van der Waals surface area contributed by atoms with Crippen molar-refractivity contribution in [1.29, 1.82) is 0 Å². The molecule has 1 fully saturated rings. The van der Waals surface area contributed by atoms with Crippen molar-refractivity contribution in [1.82, 2.24) is 15.5 Å². The summed E-state index contributed by atoms with van der Waals surface area (Å²) in [4.78, 5) is 18.9. The maximum absolute atomic E-state index is 12.1. The Kier molecular flexibility index (Phi) is 11.6. The zero-order valence-electron chi connectivity index (χ0n) is 19.0. The number of hydrogen-bond acceptors (Lipinski definition) is 4. The smallest absolute Gasteiger partial charge is 0.227 e. The SMILES string of the molecule is CCC(C)C(=O)Nc1cccc(CNC(=NC)NCC(C)(C)N2CCOCC2)c1.I. The number of anilines is 1. The molecule has 1 aliphatic heterocycles. The highest BCUT2D eigenvalue weighted by atomic mass is 127. The number of benzene rings is 1. The van der Waals surface area contributed by atoms with E-state index in [1.807, 2.05) is 38.1 Å². The summed E-state index contributed by atoms with van der Waals surface area (Å²) in [6.45, 7) is 13.3. The molecular weight excluding hydrogens is 493 g/mol. The van der Waals surface area contributed by atoms with Gasteiger partial charge in [0.15, 0.2) is 5.96 Å². The summed E-state index contributed by atoms with van der Waals surface area (Å²) in [6, 6.07) is 7.91. The molecular formula is C22H38IN5O2. The van der Waals surface area contributed by atoms with Gasteiger partial charge in [-0.3, -0.25) is 14.7 Å². The van der Waals surface area contributed by atoms with Crippen LogP contribution in [0.25, 0.3) is 0 Å². The van der Waals surface area contributed by atoms with Gasteiger partial charge in [-0.15, -0.1) is 24.0 Å². The Bertz CT molecular complexity index is 690. The minimum Gasteiger partial charge on any atom is -0.379 e. The standard InChI is InChI=1S/C22H37N5O2.HI/c1-6-17(2)20(28)26-19-9-7-8-18(14-19)15-24-21(23-5)25-16-22(3,4)27-10-12-29-13-11-27;/h7-9,14,17H,6,10-13,15-16H2,1-5H3,(H,26,28)(H2,23,24,25);1H. The van der Waals surface area contributed by atoms with Gasteiger partial charge < -0.3 is 20.7 Å². The lowest BCUT2D eigenvalue weighted by Gasteiger charge is -2.41. The summed E-state index contributed by atoms with van der Waals surface area (Å²) < 4.78 is 5.46. The van der Waals surface area contributed by atoms with E-state index in [0.29, 0.717) is 6.54 Å². The van der Waals surface area contributed by atoms with Crippen LogP contribution in [0.1, 0.15) is 39.7 Å². The number of hydrogen-bond donors (Lipinski definition) is 3. The quantitative estimate of drug-likeness (QED) is 0.273. The molecule has 2 rings (SSSR count). The zero-order valence-corrected chi connectivity index (χ0v) is 21.3. The van der Waals surface area contributed by atoms with Gasteiger partial charge in [0, 0.05) is 50.4 Å². The first kappa shape index (κ1) is 26.6. The van der Waals surface area contributed by atoms with Gasteiger partial charge in [0.05, 0.1) is 13.2 Å². The highest BCUT2D eigenvalue weighted by Gasteiger charge is 2.28. The van der Waals surface area contributed by atoms with Crippen molar-refractivity contribution in [2.24, 2.45) is 10.9 Å². The van der Waals surface area contributed by atoms with Crippen LogP contribution in [0.4, 0.5) is 5.69 Å². The molecule has 1 atom stereocenters. The summed E-state index contributed by atoms with van der Waals surface area (Å²) in [7, 11) is 1.78. The molecule has 30 heavy (non-hydrogen) atoms. The van der Waals surface area contributed by atoms with E-state index in [0.717, 1.165) is 56.5 Å². The van der Waals surface area contributed by atoms with Gasteiger partial charge in [-0.2, -0.15) is 0 Å². The Labute approximate surface area is 198 Å². The maximum atomic E-state index is 12.1. The van der Waals surface area contributed by atoms with Crippen LogP contribution in [0, 0.1) is 5.92 Å². The van der Waals surface area contributed by atoms with Crippen LogP contribution in [-0.4, -0.2) is 62.2 Å². The van der Waals surface area contributed by atoms with Crippen LogP contribution in [0.2, 0.25) is 0 Å². The minimum atomic E-state index is 0. The topological polar surface area (TPSA) is 78.0 Å².